The van der Waals surface area contributed by atoms with E-state index in [0.717, 1.165) is 42.1 Å². The topological polar surface area (TPSA) is 84.2 Å². The van der Waals surface area contributed by atoms with E-state index in [9.17, 15) is 4.79 Å². The third-order valence-corrected chi connectivity index (χ3v) is 5.28. The number of aromatic nitrogens is 2. The lowest BCUT2D eigenvalue weighted by molar-refractivity contribution is 0.241. The maximum Gasteiger partial charge on any atom is 0.255 e. The van der Waals surface area contributed by atoms with E-state index in [0.29, 0.717) is 18.1 Å². The van der Waals surface area contributed by atoms with Gasteiger partial charge < -0.3 is 15.5 Å². The van der Waals surface area contributed by atoms with Gasteiger partial charge in [0.15, 0.2) is 0 Å². The summed E-state index contributed by atoms with van der Waals surface area (Å²) >= 11 is 0. The highest BCUT2D eigenvalue weighted by molar-refractivity contribution is 5.58. The molecular formula is C22H24N4O2. The van der Waals surface area contributed by atoms with Crippen molar-refractivity contribution in [1.82, 2.24) is 14.9 Å². The fourth-order valence-corrected chi connectivity index (χ4v) is 3.61. The van der Waals surface area contributed by atoms with Crippen molar-refractivity contribution in [3.05, 3.63) is 75.2 Å². The van der Waals surface area contributed by atoms with E-state index < -0.39 is 0 Å². The number of aromatic amines is 1. The number of anilines is 1. The molecule has 0 fully saturated rings. The number of fused-ring (bicyclic) bond motifs is 1. The molecule has 0 radical (unpaired) electrons. The van der Waals surface area contributed by atoms with Gasteiger partial charge in [-0.2, -0.15) is 0 Å². The van der Waals surface area contributed by atoms with Crippen LogP contribution in [0.4, 0.5) is 5.69 Å². The molecule has 6 nitrogen and oxygen atoms in total. The first-order valence-corrected chi connectivity index (χ1v) is 9.37. The van der Waals surface area contributed by atoms with Crippen LogP contribution >= 0.6 is 0 Å². The summed E-state index contributed by atoms with van der Waals surface area (Å²) in [5.74, 6) is 1.46. The van der Waals surface area contributed by atoms with Crippen molar-refractivity contribution < 1.29 is 4.74 Å². The minimum absolute atomic E-state index is 0.0621. The molecule has 0 saturated heterocycles. The predicted molar refractivity (Wildman–Crippen MR) is 110 cm³/mol. The highest BCUT2D eigenvalue weighted by atomic mass is 16.5. The first-order valence-electron chi connectivity index (χ1n) is 9.37. The normalized spacial score (nSPS) is 13.9. The van der Waals surface area contributed by atoms with Gasteiger partial charge in [0, 0.05) is 37.3 Å². The zero-order valence-corrected chi connectivity index (χ0v) is 16.2. The Bertz CT molecular complexity index is 1060. The number of H-pyrrole nitrogens is 1. The Morgan fingerprint density at radius 2 is 2.00 bits per heavy atom. The lowest BCUT2D eigenvalue weighted by Gasteiger charge is -2.28. The number of methoxy groups -OCH3 is 1. The zero-order valence-electron chi connectivity index (χ0n) is 16.2. The third-order valence-electron chi connectivity index (χ3n) is 5.28. The minimum atomic E-state index is -0.0621. The van der Waals surface area contributed by atoms with Crippen molar-refractivity contribution >= 4 is 5.69 Å². The van der Waals surface area contributed by atoms with Crippen LogP contribution in [-0.2, 0) is 19.5 Å². The van der Waals surface area contributed by atoms with Gasteiger partial charge in [0.2, 0.25) is 0 Å². The molecule has 3 aromatic rings. The highest BCUT2D eigenvalue weighted by Gasteiger charge is 2.22. The van der Waals surface area contributed by atoms with Gasteiger partial charge in [0.1, 0.15) is 11.6 Å². The summed E-state index contributed by atoms with van der Waals surface area (Å²) in [6.45, 7) is 4.36. The molecule has 0 unspecified atom stereocenters. The summed E-state index contributed by atoms with van der Waals surface area (Å²) in [4.78, 5) is 22.6. The first-order chi connectivity index (χ1) is 13.5. The average molecular weight is 376 g/mol. The molecule has 0 aliphatic carbocycles. The molecule has 1 aliphatic rings. The van der Waals surface area contributed by atoms with Crippen molar-refractivity contribution in [2.75, 3.05) is 19.4 Å². The van der Waals surface area contributed by atoms with Crippen LogP contribution < -0.4 is 16.0 Å². The highest BCUT2D eigenvalue weighted by Crippen LogP contribution is 2.23. The Morgan fingerprint density at radius 1 is 1.21 bits per heavy atom. The van der Waals surface area contributed by atoms with Gasteiger partial charge in [-0.25, -0.2) is 4.98 Å². The number of aryl methyl sites for hydroxylation is 1. The maximum absolute atomic E-state index is 12.7. The fourth-order valence-electron chi connectivity index (χ4n) is 3.61. The van der Waals surface area contributed by atoms with Crippen LogP contribution in [0.1, 0.15) is 22.4 Å². The van der Waals surface area contributed by atoms with E-state index in [1.165, 1.54) is 11.1 Å². The molecule has 144 valence electrons. The molecule has 2 heterocycles. The Kier molecular flexibility index (Phi) is 4.88. The summed E-state index contributed by atoms with van der Waals surface area (Å²) in [5, 5.41) is 0. The van der Waals surface area contributed by atoms with Crippen molar-refractivity contribution in [2.45, 2.75) is 26.4 Å². The number of nitrogens with zero attached hydrogens (tertiary/aromatic N) is 2. The minimum Gasteiger partial charge on any atom is -0.497 e. The number of nitrogen functional groups attached to an aromatic ring is 1. The number of nitrogens with two attached hydrogens (primary N) is 1. The predicted octanol–water partition coefficient (Wildman–Crippen LogP) is 2.89. The first kappa shape index (κ1) is 18.3. The Hall–Kier alpha value is -3.12. The van der Waals surface area contributed by atoms with Crippen LogP contribution in [0.3, 0.4) is 0 Å². The Balaban J connectivity index is 1.56. The fraction of sp³-hybridized carbons (Fsp3) is 0.273. The lowest BCUT2D eigenvalue weighted by atomic mass is 10.0. The van der Waals surface area contributed by atoms with Gasteiger partial charge in [-0.15, -0.1) is 0 Å². The molecule has 0 amide bonds. The Morgan fingerprint density at radius 3 is 2.71 bits per heavy atom. The number of hydrogen-bond donors (Lipinski definition) is 2. The van der Waals surface area contributed by atoms with Crippen molar-refractivity contribution in [1.29, 1.82) is 0 Å². The second-order valence-corrected chi connectivity index (χ2v) is 7.21. The van der Waals surface area contributed by atoms with Crippen molar-refractivity contribution in [3.63, 3.8) is 0 Å². The van der Waals surface area contributed by atoms with Gasteiger partial charge >= 0.3 is 0 Å². The van der Waals surface area contributed by atoms with Crippen LogP contribution in [-0.4, -0.2) is 28.5 Å². The molecule has 28 heavy (non-hydrogen) atoms. The van der Waals surface area contributed by atoms with Gasteiger partial charge in [-0.3, -0.25) is 9.69 Å². The van der Waals surface area contributed by atoms with Crippen LogP contribution in [0, 0.1) is 6.92 Å². The van der Waals surface area contributed by atoms with Crippen LogP contribution in [0.25, 0.3) is 11.4 Å². The largest absolute Gasteiger partial charge is 0.497 e. The third kappa shape index (κ3) is 3.64. The van der Waals surface area contributed by atoms with Crippen LogP contribution in [0.15, 0.2) is 47.3 Å². The monoisotopic (exact) mass is 376 g/mol. The number of nitrogens with one attached hydrogen (secondary N) is 1. The Labute approximate surface area is 164 Å². The summed E-state index contributed by atoms with van der Waals surface area (Å²) in [6, 6.07) is 13.5. The molecule has 0 bridgehead atoms. The average Bonchev–Trinajstić information content (AvgIpc) is 2.70. The second kappa shape index (κ2) is 7.48. The van der Waals surface area contributed by atoms with E-state index in [4.69, 9.17) is 15.5 Å². The molecule has 1 aliphatic heterocycles. The molecule has 1 aromatic heterocycles. The summed E-state index contributed by atoms with van der Waals surface area (Å²) in [6.07, 6.45) is 0.760. The van der Waals surface area contributed by atoms with E-state index in [1.807, 2.05) is 36.4 Å². The molecule has 2 aromatic carbocycles. The number of rotatable bonds is 4. The van der Waals surface area contributed by atoms with Gasteiger partial charge in [0.05, 0.1) is 18.4 Å². The molecule has 0 spiro atoms. The molecule has 0 atom stereocenters. The van der Waals surface area contributed by atoms with E-state index in [-0.39, 0.29) is 5.56 Å². The summed E-state index contributed by atoms with van der Waals surface area (Å²) < 4.78 is 5.28. The van der Waals surface area contributed by atoms with Crippen molar-refractivity contribution in [2.24, 2.45) is 0 Å². The van der Waals surface area contributed by atoms with E-state index in [2.05, 4.69) is 22.9 Å². The molecule has 3 N–H and O–H groups in total. The van der Waals surface area contributed by atoms with Crippen LogP contribution in [0.2, 0.25) is 0 Å². The van der Waals surface area contributed by atoms with Crippen molar-refractivity contribution in [3.8, 4) is 17.1 Å². The summed E-state index contributed by atoms with van der Waals surface area (Å²) in [7, 11) is 1.67. The van der Waals surface area contributed by atoms with Gasteiger partial charge in [-0.1, -0.05) is 6.07 Å². The molecule has 4 rings (SSSR count). The smallest absolute Gasteiger partial charge is 0.255 e. The number of ether oxygens (including phenoxy) is 1. The standard InChI is InChI=1S/C22H24N4O2/c1-14-11-18(28-2)8-5-16(14)12-26-10-9-20-19(13-26)22(27)25-21(24-20)15-3-6-17(23)7-4-15/h3-8,11H,9-10,12-13,23H2,1-2H3,(H,24,25,27). The van der Waals surface area contributed by atoms with Gasteiger partial charge in [0.25, 0.3) is 5.56 Å². The number of benzene rings is 2. The number of hydrogen-bond acceptors (Lipinski definition) is 5. The second-order valence-electron chi connectivity index (χ2n) is 7.21. The molecule has 0 saturated carbocycles. The maximum atomic E-state index is 12.7. The molecular weight excluding hydrogens is 352 g/mol. The van der Waals surface area contributed by atoms with E-state index in [1.54, 1.807) is 7.11 Å². The van der Waals surface area contributed by atoms with E-state index >= 15 is 0 Å². The summed E-state index contributed by atoms with van der Waals surface area (Å²) in [5.41, 5.74) is 11.3. The molecule has 6 heteroatoms. The quantitative estimate of drug-likeness (QED) is 0.684. The lowest BCUT2D eigenvalue weighted by Crippen LogP contribution is -2.35. The van der Waals surface area contributed by atoms with Crippen LogP contribution in [0.5, 0.6) is 5.75 Å². The SMILES string of the molecule is COc1ccc(CN2CCc3nc(-c4ccc(N)cc4)[nH]c(=O)c3C2)c(C)c1. The zero-order chi connectivity index (χ0) is 19.7. The van der Waals surface area contributed by atoms with Gasteiger partial charge in [-0.05, 0) is 54.4 Å².